The fourth-order valence-electron chi connectivity index (χ4n) is 2.98. The average molecular weight is 295 g/mol. The first-order valence-electron chi connectivity index (χ1n) is 7.01. The van der Waals surface area contributed by atoms with Gasteiger partial charge in [-0.05, 0) is 24.8 Å². The number of nitrogens with one attached hydrogen (secondary N) is 2. The van der Waals surface area contributed by atoms with Crippen molar-refractivity contribution in [2.45, 2.75) is 38.1 Å². The molecule has 116 valence electrons. The fourth-order valence-corrected chi connectivity index (χ4v) is 2.98. The molecule has 1 fully saturated rings. The zero-order valence-electron chi connectivity index (χ0n) is 12.0. The molecule has 1 aromatic heterocycles. The molecule has 1 aromatic rings. The van der Waals surface area contributed by atoms with Crippen LogP contribution in [0, 0.1) is 16.0 Å². The van der Waals surface area contributed by atoms with Gasteiger partial charge in [0.15, 0.2) is 0 Å². The number of hydrazine groups is 1. The van der Waals surface area contributed by atoms with Crippen LogP contribution in [0.3, 0.4) is 0 Å². The third-order valence-electron chi connectivity index (χ3n) is 4.00. The predicted octanol–water partition coefficient (Wildman–Crippen LogP) is 1.63. The number of rotatable bonds is 5. The quantitative estimate of drug-likeness (QED) is 0.369. The van der Waals surface area contributed by atoms with Crippen molar-refractivity contribution in [3.05, 3.63) is 22.2 Å². The highest BCUT2D eigenvalue weighted by Crippen LogP contribution is 2.36. The number of nitrogens with zero attached hydrogens (tertiary/aromatic N) is 2. The Kier molecular flexibility index (Phi) is 4.59. The molecule has 0 saturated heterocycles. The molecule has 1 saturated carbocycles. The summed E-state index contributed by atoms with van der Waals surface area (Å²) in [6, 6.07) is 2.79. The second kappa shape index (κ2) is 6.23. The number of aromatic nitrogens is 1. The third-order valence-corrected chi connectivity index (χ3v) is 4.00. The van der Waals surface area contributed by atoms with Gasteiger partial charge in [-0.15, -0.1) is 0 Å². The molecule has 2 unspecified atom stereocenters. The van der Waals surface area contributed by atoms with Gasteiger partial charge >= 0.3 is 5.69 Å². The van der Waals surface area contributed by atoms with E-state index in [1.807, 2.05) is 0 Å². The highest BCUT2D eigenvalue weighted by molar-refractivity contribution is 5.61. The van der Waals surface area contributed by atoms with Crippen molar-refractivity contribution in [2.75, 3.05) is 17.3 Å². The molecule has 2 atom stereocenters. The largest absolute Gasteiger partial charge is 0.394 e. The van der Waals surface area contributed by atoms with E-state index in [0.717, 1.165) is 25.7 Å². The van der Waals surface area contributed by atoms with Crippen LogP contribution in [0.4, 0.5) is 17.3 Å². The molecule has 21 heavy (non-hydrogen) atoms. The van der Waals surface area contributed by atoms with Gasteiger partial charge in [-0.3, -0.25) is 10.1 Å². The molecule has 0 amide bonds. The summed E-state index contributed by atoms with van der Waals surface area (Å²) >= 11 is 0. The SMILES string of the molecule is CC1CCCC(CO)(Nc2nc(NN)ccc2[N+](=O)[O-])C1. The standard InChI is InChI=1S/C13H21N5O3/c1-9-3-2-6-13(7-9,8-19)16-12-10(18(20)21)4-5-11(15-12)17-14/h4-5,9,19H,2-3,6-8,14H2,1H3,(H2,15,16,17). The van der Waals surface area contributed by atoms with Crippen LogP contribution >= 0.6 is 0 Å². The molecule has 0 spiro atoms. The molecule has 8 heteroatoms. The highest BCUT2D eigenvalue weighted by atomic mass is 16.6. The van der Waals surface area contributed by atoms with Crippen molar-refractivity contribution in [1.29, 1.82) is 0 Å². The number of nitrogen functional groups attached to an aromatic ring is 1. The van der Waals surface area contributed by atoms with Crippen molar-refractivity contribution in [3.8, 4) is 0 Å². The van der Waals surface area contributed by atoms with Gasteiger partial charge in [0.1, 0.15) is 5.82 Å². The van der Waals surface area contributed by atoms with Crippen molar-refractivity contribution < 1.29 is 10.0 Å². The monoisotopic (exact) mass is 295 g/mol. The first-order valence-corrected chi connectivity index (χ1v) is 7.01. The Morgan fingerprint density at radius 3 is 2.95 bits per heavy atom. The van der Waals surface area contributed by atoms with Gasteiger partial charge in [0, 0.05) is 6.07 Å². The third kappa shape index (κ3) is 3.40. The van der Waals surface area contributed by atoms with Crippen molar-refractivity contribution in [1.82, 2.24) is 4.98 Å². The number of nitro groups is 1. The average Bonchev–Trinajstić information content (AvgIpc) is 2.46. The lowest BCUT2D eigenvalue weighted by molar-refractivity contribution is -0.384. The normalized spacial score (nSPS) is 25.4. The minimum atomic E-state index is -0.567. The summed E-state index contributed by atoms with van der Waals surface area (Å²) in [4.78, 5) is 14.8. The molecule has 8 nitrogen and oxygen atoms in total. The molecule has 0 bridgehead atoms. The summed E-state index contributed by atoms with van der Waals surface area (Å²) in [5.41, 5.74) is 1.68. The van der Waals surface area contributed by atoms with Gasteiger partial charge in [0.05, 0.1) is 17.1 Å². The van der Waals surface area contributed by atoms with Crippen LogP contribution in [0.2, 0.25) is 0 Å². The summed E-state index contributed by atoms with van der Waals surface area (Å²) in [5.74, 6) is 6.23. The number of hydrogen-bond donors (Lipinski definition) is 4. The Bertz CT molecular complexity index is 525. The van der Waals surface area contributed by atoms with Gasteiger partial charge in [0.25, 0.3) is 0 Å². The zero-order valence-corrected chi connectivity index (χ0v) is 12.0. The molecule has 5 N–H and O–H groups in total. The smallest absolute Gasteiger partial charge is 0.311 e. The first-order chi connectivity index (χ1) is 9.99. The van der Waals surface area contributed by atoms with E-state index in [1.165, 1.54) is 12.1 Å². The zero-order chi connectivity index (χ0) is 15.5. The molecule has 2 rings (SSSR count). The van der Waals surface area contributed by atoms with Gasteiger partial charge in [0.2, 0.25) is 5.82 Å². The van der Waals surface area contributed by atoms with Gasteiger partial charge in [-0.25, -0.2) is 10.8 Å². The summed E-state index contributed by atoms with van der Waals surface area (Å²) in [6.45, 7) is 2.03. The maximum atomic E-state index is 11.1. The Balaban J connectivity index is 2.33. The predicted molar refractivity (Wildman–Crippen MR) is 79.8 cm³/mol. The van der Waals surface area contributed by atoms with Crippen LogP contribution in [-0.2, 0) is 0 Å². The van der Waals surface area contributed by atoms with E-state index in [4.69, 9.17) is 5.84 Å². The second-order valence-corrected chi connectivity index (χ2v) is 5.73. The molecular formula is C13H21N5O3. The molecule has 0 radical (unpaired) electrons. The summed E-state index contributed by atoms with van der Waals surface area (Å²) in [7, 11) is 0. The topological polar surface area (TPSA) is 126 Å². The number of aliphatic hydroxyl groups excluding tert-OH is 1. The van der Waals surface area contributed by atoms with E-state index in [1.54, 1.807) is 0 Å². The van der Waals surface area contributed by atoms with Crippen LogP contribution in [-0.4, -0.2) is 27.2 Å². The van der Waals surface area contributed by atoms with Crippen molar-refractivity contribution >= 4 is 17.3 Å². The lowest BCUT2D eigenvalue weighted by Crippen LogP contribution is -2.46. The lowest BCUT2D eigenvalue weighted by atomic mass is 9.77. The van der Waals surface area contributed by atoms with E-state index >= 15 is 0 Å². The Hall–Kier alpha value is -1.93. The van der Waals surface area contributed by atoms with Crippen molar-refractivity contribution in [2.24, 2.45) is 11.8 Å². The first kappa shape index (κ1) is 15.5. The molecule has 1 aliphatic rings. The van der Waals surface area contributed by atoms with Crippen LogP contribution in [0.15, 0.2) is 12.1 Å². The van der Waals surface area contributed by atoms with E-state index in [-0.39, 0.29) is 18.1 Å². The van der Waals surface area contributed by atoms with Crippen molar-refractivity contribution in [3.63, 3.8) is 0 Å². The van der Waals surface area contributed by atoms with E-state index in [0.29, 0.717) is 11.7 Å². The number of hydrogen-bond acceptors (Lipinski definition) is 7. The Morgan fingerprint density at radius 1 is 1.62 bits per heavy atom. The molecule has 1 heterocycles. The number of aliphatic hydroxyl groups is 1. The Morgan fingerprint density at radius 2 is 2.38 bits per heavy atom. The number of anilines is 2. The molecular weight excluding hydrogens is 274 g/mol. The van der Waals surface area contributed by atoms with Gasteiger partial charge in [-0.2, -0.15) is 0 Å². The minimum absolute atomic E-state index is 0.0868. The summed E-state index contributed by atoms with van der Waals surface area (Å²) in [6.07, 6.45) is 3.58. The van der Waals surface area contributed by atoms with Gasteiger partial charge in [-0.1, -0.05) is 19.8 Å². The highest BCUT2D eigenvalue weighted by Gasteiger charge is 2.36. The van der Waals surface area contributed by atoms with Gasteiger partial charge < -0.3 is 15.8 Å². The number of nitrogens with two attached hydrogens (primary N) is 1. The molecule has 1 aliphatic carbocycles. The lowest BCUT2D eigenvalue weighted by Gasteiger charge is -2.39. The van der Waals surface area contributed by atoms with Crippen LogP contribution in [0.25, 0.3) is 0 Å². The van der Waals surface area contributed by atoms with E-state index in [9.17, 15) is 15.2 Å². The summed E-state index contributed by atoms with van der Waals surface area (Å²) in [5, 5.41) is 24.0. The van der Waals surface area contributed by atoms with Crippen LogP contribution < -0.4 is 16.6 Å². The Labute approximate surface area is 122 Å². The maximum absolute atomic E-state index is 11.1. The minimum Gasteiger partial charge on any atom is -0.394 e. The second-order valence-electron chi connectivity index (χ2n) is 5.73. The van der Waals surface area contributed by atoms with E-state index in [2.05, 4.69) is 22.7 Å². The maximum Gasteiger partial charge on any atom is 0.311 e. The summed E-state index contributed by atoms with van der Waals surface area (Å²) < 4.78 is 0. The fraction of sp³-hybridized carbons (Fsp3) is 0.615. The van der Waals surface area contributed by atoms with Crippen LogP contribution in [0.1, 0.15) is 32.6 Å². The molecule has 0 aromatic carbocycles. The van der Waals surface area contributed by atoms with Crippen LogP contribution in [0.5, 0.6) is 0 Å². The molecule has 0 aliphatic heterocycles. The van der Waals surface area contributed by atoms with E-state index < -0.39 is 10.5 Å². The number of pyridine rings is 1.